The van der Waals surface area contributed by atoms with E-state index in [1.54, 1.807) is 0 Å². The Labute approximate surface area is 176 Å². The highest BCUT2D eigenvalue weighted by molar-refractivity contribution is 7.68. The van der Waals surface area contributed by atoms with Gasteiger partial charge in [0.25, 0.3) is 0 Å². The summed E-state index contributed by atoms with van der Waals surface area (Å²) in [5.41, 5.74) is 1.25. The molecule has 2 nitrogen and oxygen atoms in total. The highest BCUT2D eigenvalue weighted by atomic mass is 31.1. The molecule has 3 aromatic rings. The first kappa shape index (κ1) is 20.3. The van der Waals surface area contributed by atoms with Gasteiger partial charge in [-0.25, -0.2) is 0 Å². The fourth-order valence-corrected chi connectivity index (χ4v) is 5.09. The van der Waals surface area contributed by atoms with Crippen molar-refractivity contribution in [3.05, 3.63) is 128 Å². The molecule has 1 aliphatic rings. The molecule has 1 aliphatic carbocycles. The summed E-state index contributed by atoms with van der Waals surface area (Å²) in [6, 6.07) is 31.8. The number of benzene rings is 3. The predicted molar refractivity (Wildman–Crippen MR) is 123 cm³/mol. The van der Waals surface area contributed by atoms with Gasteiger partial charge in [0.05, 0.1) is 20.8 Å². The van der Waals surface area contributed by atoms with Gasteiger partial charge in [0, 0.05) is 17.2 Å². The third-order valence-electron chi connectivity index (χ3n) is 4.84. The highest BCUT2D eigenvalue weighted by Crippen LogP contribution is 2.36. The molecule has 1 N–H and O–H groups in total. The maximum Gasteiger partial charge on any atom is 0.0918 e. The number of hydrogen-bond acceptors (Lipinski definition) is 2. The molecule has 4 rings (SSSR count). The lowest BCUT2D eigenvalue weighted by Crippen LogP contribution is -2.29. The molecule has 0 spiro atoms. The molecular formula is C26H25NOP. The van der Waals surface area contributed by atoms with Crippen LogP contribution in [0.5, 0.6) is 0 Å². The number of nitrogens with one attached hydrogen (secondary N) is 1. The molecule has 29 heavy (non-hydrogen) atoms. The lowest BCUT2D eigenvalue weighted by atomic mass is 10.1. The lowest BCUT2D eigenvalue weighted by molar-refractivity contribution is 0.300. The van der Waals surface area contributed by atoms with Crippen molar-refractivity contribution in [1.82, 2.24) is 5.32 Å². The first-order valence-corrected chi connectivity index (χ1v) is 11.2. The molecule has 1 fully saturated rings. The topological polar surface area (TPSA) is 21.3 Å². The van der Waals surface area contributed by atoms with Crippen LogP contribution in [0.15, 0.2) is 91.0 Å². The van der Waals surface area contributed by atoms with Crippen LogP contribution < -0.4 is 15.9 Å². The monoisotopic (exact) mass is 398 g/mol. The summed E-state index contributed by atoms with van der Waals surface area (Å²) in [4.78, 5) is 0. The van der Waals surface area contributed by atoms with Crippen LogP contribution in [-0.2, 0) is 4.52 Å². The van der Waals surface area contributed by atoms with Gasteiger partial charge in [-0.05, 0) is 37.2 Å². The van der Waals surface area contributed by atoms with Crippen LogP contribution in [-0.4, -0.2) is 13.2 Å². The summed E-state index contributed by atoms with van der Waals surface area (Å²) in [5, 5.41) is 6.15. The van der Waals surface area contributed by atoms with Crippen molar-refractivity contribution in [3.63, 3.8) is 0 Å². The molecule has 5 radical (unpaired) electrons. The van der Waals surface area contributed by atoms with E-state index in [-0.39, 0.29) is 6.04 Å². The van der Waals surface area contributed by atoms with Crippen molar-refractivity contribution < 1.29 is 4.52 Å². The van der Waals surface area contributed by atoms with Crippen molar-refractivity contribution in [2.45, 2.75) is 6.04 Å². The Hall–Kier alpha value is -1.99. The Morgan fingerprint density at radius 2 is 1.21 bits per heavy atom. The molecule has 3 heteroatoms. The van der Waals surface area contributed by atoms with E-state index < -0.39 is 8.15 Å². The third kappa shape index (κ3) is 5.76. The van der Waals surface area contributed by atoms with Crippen LogP contribution in [0.2, 0.25) is 0 Å². The molecule has 0 aromatic heterocycles. The van der Waals surface area contributed by atoms with Crippen LogP contribution in [0.4, 0.5) is 0 Å². The number of hydrogen-bond donors (Lipinski definition) is 1. The minimum atomic E-state index is -0.869. The summed E-state index contributed by atoms with van der Waals surface area (Å²) in [6.45, 7) is 1.44. The van der Waals surface area contributed by atoms with E-state index in [2.05, 4.69) is 122 Å². The van der Waals surface area contributed by atoms with Crippen molar-refractivity contribution >= 4 is 18.8 Å². The molecule has 0 unspecified atom stereocenters. The smallest absolute Gasteiger partial charge is 0.0918 e. The van der Waals surface area contributed by atoms with Crippen LogP contribution >= 0.6 is 8.15 Å². The summed E-state index contributed by atoms with van der Waals surface area (Å²) in [7, 11) is -0.869. The number of rotatable bonds is 9. The Balaban J connectivity index is 1.50. The van der Waals surface area contributed by atoms with Gasteiger partial charge in [0.2, 0.25) is 0 Å². The first-order valence-electron chi connectivity index (χ1n) is 9.92. The zero-order chi connectivity index (χ0) is 19.7. The summed E-state index contributed by atoms with van der Waals surface area (Å²) < 4.78 is 6.60. The van der Waals surface area contributed by atoms with Crippen molar-refractivity contribution in [1.29, 1.82) is 0 Å². The predicted octanol–water partition coefficient (Wildman–Crippen LogP) is 4.79. The van der Waals surface area contributed by atoms with Gasteiger partial charge in [-0.1, -0.05) is 91.0 Å². The minimum absolute atomic E-state index is 0.128. The van der Waals surface area contributed by atoms with Gasteiger partial charge in [-0.2, -0.15) is 0 Å². The molecule has 0 heterocycles. The Morgan fingerprint density at radius 1 is 0.690 bits per heavy atom. The van der Waals surface area contributed by atoms with Crippen LogP contribution in [0.25, 0.3) is 0 Å². The SMILES string of the molecule is [CH]1[CH][CH][C](CN[C@H](COP(c2ccccc2)c2ccccc2)c2ccccc2)[CH]1. The lowest BCUT2D eigenvalue weighted by Gasteiger charge is -2.25. The van der Waals surface area contributed by atoms with Crippen molar-refractivity contribution in [3.8, 4) is 0 Å². The van der Waals surface area contributed by atoms with Gasteiger partial charge in [0.15, 0.2) is 0 Å². The van der Waals surface area contributed by atoms with E-state index in [1.165, 1.54) is 22.1 Å². The van der Waals surface area contributed by atoms with Gasteiger partial charge >= 0.3 is 0 Å². The van der Waals surface area contributed by atoms with Crippen molar-refractivity contribution in [2.24, 2.45) is 0 Å². The Morgan fingerprint density at radius 3 is 1.76 bits per heavy atom. The fraction of sp³-hybridized carbons (Fsp3) is 0.115. The second kappa shape index (κ2) is 10.7. The quantitative estimate of drug-likeness (QED) is 0.524. The molecule has 1 atom stereocenters. The van der Waals surface area contributed by atoms with Crippen LogP contribution in [0.1, 0.15) is 11.6 Å². The highest BCUT2D eigenvalue weighted by Gasteiger charge is 2.21. The second-order valence-electron chi connectivity index (χ2n) is 6.90. The largest absolute Gasteiger partial charge is 0.348 e. The average molecular weight is 398 g/mol. The average Bonchev–Trinajstić information content (AvgIpc) is 3.32. The first-order chi connectivity index (χ1) is 14.4. The van der Waals surface area contributed by atoms with E-state index in [1.807, 2.05) is 0 Å². The van der Waals surface area contributed by atoms with Gasteiger partial charge in [-0.3, -0.25) is 0 Å². The van der Waals surface area contributed by atoms with Gasteiger partial charge < -0.3 is 9.84 Å². The Kier molecular flexibility index (Phi) is 7.48. The zero-order valence-electron chi connectivity index (χ0n) is 16.3. The maximum atomic E-state index is 6.60. The molecule has 1 saturated carbocycles. The van der Waals surface area contributed by atoms with E-state index >= 15 is 0 Å². The van der Waals surface area contributed by atoms with Gasteiger partial charge in [-0.15, -0.1) is 0 Å². The van der Waals surface area contributed by atoms with E-state index in [0.29, 0.717) is 6.61 Å². The van der Waals surface area contributed by atoms with E-state index in [4.69, 9.17) is 4.52 Å². The van der Waals surface area contributed by atoms with Gasteiger partial charge in [0.1, 0.15) is 0 Å². The van der Waals surface area contributed by atoms with E-state index in [0.717, 1.165) is 6.54 Å². The molecule has 0 aliphatic heterocycles. The van der Waals surface area contributed by atoms with Crippen LogP contribution in [0.3, 0.4) is 0 Å². The third-order valence-corrected chi connectivity index (χ3v) is 6.78. The summed E-state index contributed by atoms with van der Waals surface area (Å²) in [6.07, 6.45) is 8.46. The standard InChI is InChI=1S/C26H25NOP/c1-4-14-23(15-5-1)26(27-20-22-12-10-11-13-22)21-28-29(24-16-6-2-7-17-24)25-18-8-3-9-19-25/h1-19,26-27H,20-21H2/t26-/m1/s1. The van der Waals surface area contributed by atoms with Crippen molar-refractivity contribution in [2.75, 3.05) is 13.2 Å². The second-order valence-corrected chi connectivity index (χ2v) is 8.78. The molecule has 0 bridgehead atoms. The minimum Gasteiger partial charge on any atom is -0.348 e. The molecule has 3 aromatic carbocycles. The maximum absolute atomic E-state index is 6.60. The molecule has 145 valence electrons. The molecular weight excluding hydrogens is 373 g/mol. The van der Waals surface area contributed by atoms with E-state index in [9.17, 15) is 0 Å². The molecule has 0 amide bonds. The molecule has 0 saturated heterocycles. The fourth-order valence-electron chi connectivity index (χ4n) is 3.31. The normalized spacial score (nSPS) is 15.6. The summed E-state index contributed by atoms with van der Waals surface area (Å²) >= 11 is 0. The summed E-state index contributed by atoms with van der Waals surface area (Å²) in [5.74, 6) is 1.29. The Bertz CT molecular complexity index is 795. The van der Waals surface area contributed by atoms with Crippen LogP contribution in [0, 0.1) is 31.6 Å². The zero-order valence-corrected chi connectivity index (χ0v) is 17.2.